The fourth-order valence-corrected chi connectivity index (χ4v) is 1.37. The average Bonchev–Trinajstić information content (AvgIpc) is 2.12. The third kappa shape index (κ3) is 1.99. The Bertz CT molecular complexity index is 319. The van der Waals surface area contributed by atoms with E-state index in [0.717, 1.165) is 0 Å². The maximum Gasteiger partial charge on any atom is 0.137 e. The molecule has 0 aliphatic rings. The minimum atomic E-state index is -0.683. The third-order valence-corrected chi connectivity index (χ3v) is 2.38. The molecule has 1 rings (SSSR count). The minimum Gasteiger partial charge on any atom is -0.506 e. The number of nitrogens with two attached hydrogens (primary N) is 2. The molecule has 72 valence electrons. The maximum atomic E-state index is 13.2. The molecule has 0 heterocycles. The zero-order valence-electron chi connectivity index (χ0n) is 6.80. The molecule has 0 radical (unpaired) electrons. The minimum absolute atomic E-state index is 0.0527. The summed E-state index contributed by atoms with van der Waals surface area (Å²) in [6.07, 6.45) is 0. The summed E-state index contributed by atoms with van der Waals surface area (Å²) in [4.78, 5) is 0. The summed E-state index contributed by atoms with van der Waals surface area (Å²) in [6, 6.07) is 1.96. The van der Waals surface area contributed by atoms with Crippen LogP contribution in [0.25, 0.3) is 0 Å². The van der Waals surface area contributed by atoms with Gasteiger partial charge in [-0.2, -0.15) is 0 Å². The van der Waals surface area contributed by atoms with E-state index in [4.69, 9.17) is 11.5 Å². The quantitative estimate of drug-likeness (QED) is 0.738. The van der Waals surface area contributed by atoms with Gasteiger partial charge in [-0.1, -0.05) is 0 Å². The van der Waals surface area contributed by atoms with Gasteiger partial charge in [0.05, 0.1) is 4.47 Å². The number of aromatic hydroxyl groups is 1. The van der Waals surface area contributed by atoms with Gasteiger partial charge in [0.1, 0.15) is 11.6 Å². The second-order valence-electron chi connectivity index (χ2n) is 2.63. The van der Waals surface area contributed by atoms with Gasteiger partial charge in [-0.25, -0.2) is 4.39 Å². The highest BCUT2D eigenvalue weighted by atomic mass is 79.9. The largest absolute Gasteiger partial charge is 0.506 e. The van der Waals surface area contributed by atoms with Crippen LogP contribution in [0.2, 0.25) is 0 Å². The Kier molecular flexibility index (Phi) is 3.24. The maximum absolute atomic E-state index is 13.2. The number of hydrogen-bond donors (Lipinski definition) is 3. The van der Waals surface area contributed by atoms with Crippen LogP contribution in [-0.4, -0.2) is 11.7 Å². The molecule has 0 fully saturated rings. The second kappa shape index (κ2) is 4.04. The highest BCUT2D eigenvalue weighted by Crippen LogP contribution is 2.32. The first-order valence-corrected chi connectivity index (χ1v) is 4.49. The average molecular weight is 249 g/mol. The van der Waals surface area contributed by atoms with E-state index in [-0.39, 0.29) is 17.9 Å². The van der Waals surface area contributed by atoms with E-state index in [1.165, 1.54) is 12.1 Å². The summed E-state index contributed by atoms with van der Waals surface area (Å²) in [7, 11) is 0. The molecule has 1 aromatic carbocycles. The van der Waals surface area contributed by atoms with Crippen LogP contribution in [0.1, 0.15) is 11.6 Å². The summed E-state index contributed by atoms with van der Waals surface area (Å²) in [5.41, 5.74) is 10.8. The highest BCUT2D eigenvalue weighted by Gasteiger charge is 2.16. The van der Waals surface area contributed by atoms with Crippen molar-refractivity contribution < 1.29 is 9.50 Å². The number of phenols is 1. The molecule has 0 unspecified atom stereocenters. The van der Waals surface area contributed by atoms with Gasteiger partial charge in [0.25, 0.3) is 0 Å². The van der Waals surface area contributed by atoms with Crippen molar-refractivity contribution in [1.82, 2.24) is 0 Å². The van der Waals surface area contributed by atoms with Crippen LogP contribution < -0.4 is 11.5 Å². The molecule has 0 spiro atoms. The predicted octanol–water partition coefficient (Wildman–Crippen LogP) is 1.25. The van der Waals surface area contributed by atoms with Crippen molar-refractivity contribution in [2.45, 2.75) is 6.04 Å². The van der Waals surface area contributed by atoms with E-state index in [9.17, 15) is 9.50 Å². The molecule has 5 heteroatoms. The van der Waals surface area contributed by atoms with Crippen molar-refractivity contribution in [3.05, 3.63) is 28.0 Å². The summed E-state index contributed by atoms with van der Waals surface area (Å²) in [5.74, 6) is -0.725. The number of benzene rings is 1. The van der Waals surface area contributed by atoms with Crippen molar-refractivity contribution in [2.24, 2.45) is 11.5 Å². The Hall–Kier alpha value is -0.650. The predicted molar refractivity (Wildman–Crippen MR) is 51.7 cm³/mol. The van der Waals surface area contributed by atoms with Crippen LogP contribution in [-0.2, 0) is 0 Å². The standard InChI is InChI=1S/C8H10BrFN2O/c9-4-1-2-5(10)7(8(4)13)6(12)3-11/h1-2,6,13H,3,11-12H2/t6-/m1/s1. The summed E-state index contributed by atoms with van der Waals surface area (Å²) >= 11 is 3.06. The summed E-state index contributed by atoms with van der Waals surface area (Å²) < 4.78 is 13.6. The zero-order valence-corrected chi connectivity index (χ0v) is 8.38. The molecule has 5 N–H and O–H groups in total. The van der Waals surface area contributed by atoms with Crippen LogP contribution >= 0.6 is 15.9 Å². The van der Waals surface area contributed by atoms with Gasteiger partial charge in [-0.3, -0.25) is 0 Å². The Morgan fingerprint density at radius 2 is 2.15 bits per heavy atom. The molecular weight excluding hydrogens is 239 g/mol. The molecule has 0 aliphatic heterocycles. The molecule has 1 atom stereocenters. The van der Waals surface area contributed by atoms with E-state index in [1.54, 1.807) is 0 Å². The van der Waals surface area contributed by atoms with Gasteiger partial charge >= 0.3 is 0 Å². The Morgan fingerprint density at radius 3 is 2.69 bits per heavy atom. The van der Waals surface area contributed by atoms with Gasteiger partial charge in [0.15, 0.2) is 0 Å². The van der Waals surface area contributed by atoms with Gasteiger partial charge in [0.2, 0.25) is 0 Å². The molecular formula is C8H10BrFN2O. The van der Waals surface area contributed by atoms with Crippen molar-refractivity contribution in [2.75, 3.05) is 6.54 Å². The Labute approximate surface area is 83.7 Å². The van der Waals surface area contributed by atoms with E-state index in [0.29, 0.717) is 4.47 Å². The summed E-state index contributed by atoms with van der Waals surface area (Å²) in [6.45, 7) is 0.0843. The molecule has 0 bridgehead atoms. The monoisotopic (exact) mass is 248 g/mol. The normalized spacial score (nSPS) is 12.9. The molecule has 0 saturated heterocycles. The Morgan fingerprint density at radius 1 is 1.54 bits per heavy atom. The Balaban J connectivity index is 3.25. The summed E-state index contributed by atoms with van der Waals surface area (Å²) in [5, 5.41) is 9.46. The van der Waals surface area contributed by atoms with Crippen LogP contribution in [0.3, 0.4) is 0 Å². The molecule has 0 saturated carbocycles. The van der Waals surface area contributed by atoms with Gasteiger partial charge in [0, 0.05) is 18.2 Å². The number of halogens is 2. The van der Waals surface area contributed by atoms with Gasteiger partial charge in [-0.15, -0.1) is 0 Å². The van der Waals surface area contributed by atoms with Gasteiger partial charge in [-0.05, 0) is 28.1 Å². The van der Waals surface area contributed by atoms with E-state index >= 15 is 0 Å². The van der Waals surface area contributed by atoms with Crippen molar-refractivity contribution in [1.29, 1.82) is 0 Å². The molecule has 0 aliphatic carbocycles. The first-order valence-electron chi connectivity index (χ1n) is 3.70. The molecule has 3 nitrogen and oxygen atoms in total. The van der Waals surface area contributed by atoms with Crippen molar-refractivity contribution >= 4 is 15.9 Å². The lowest BCUT2D eigenvalue weighted by molar-refractivity contribution is 0.446. The van der Waals surface area contributed by atoms with E-state index in [1.807, 2.05) is 0 Å². The second-order valence-corrected chi connectivity index (χ2v) is 3.49. The smallest absolute Gasteiger partial charge is 0.137 e. The third-order valence-electron chi connectivity index (χ3n) is 1.74. The highest BCUT2D eigenvalue weighted by molar-refractivity contribution is 9.10. The number of rotatable bonds is 2. The molecule has 0 aromatic heterocycles. The van der Waals surface area contributed by atoms with Crippen LogP contribution in [0.4, 0.5) is 4.39 Å². The lowest BCUT2D eigenvalue weighted by atomic mass is 10.1. The lowest BCUT2D eigenvalue weighted by Crippen LogP contribution is -2.22. The van der Waals surface area contributed by atoms with Crippen molar-refractivity contribution in [3.63, 3.8) is 0 Å². The van der Waals surface area contributed by atoms with Crippen LogP contribution in [0.15, 0.2) is 16.6 Å². The van der Waals surface area contributed by atoms with Crippen molar-refractivity contribution in [3.8, 4) is 5.75 Å². The molecule has 13 heavy (non-hydrogen) atoms. The van der Waals surface area contributed by atoms with Gasteiger partial charge < -0.3 is 16.6 Å². The lowest BCUT2D eigenvalue weighted by Gasteiger charge is -2.12. The van der Waals surface area contributed by atoms with E-state index in [2.05, 4.69) is 15.9 Å². The molecule has 0 amide bonds. The van der Waals surface area contributed by atoms with Crippen LogP contribution in [0.5, 0.6) is 5.75 Å². The zero-order chi connectivity index (χ0) is 10.0. The first kappa shape index (κ1) is 10.4. The first-order chi connectivity index (χ1) is 6.07. The number of phenolic OH excluding ortho intramolecular Hbond substituents is 1. The van der Waals surface area contributed by atoms with Crippen LogP contribution in [0, 0.1) is 5.82 Å². The fourth-order valence-electron chi connectivity index (χ4n) is 1.03. The fraction of sp³-hybridized carbons (Fsp3) is 0.250. The SMILES string of the molecule is NC[C@@H](N)c1c(F)ccc(Br)c1O. The molecule has 1 aromatic rings. The number of hydrogen-bond acceptors (Lipinski definition) is 3. The topological polar surface area (TPSA) is 72.3 Å². The van der Waals surface area contributed by atoms with E-state index < -0.39 is 11.9 Å².